The Morgan fingerprint density at radius 2 is 1.06 bits per heavy atom. The summed E-state index contributed by atoms with van der Waals surface area (Å²) < 4.78 is 0. The lowest BCUT2D eigenvalue weighted by Crippen LogP contribution is -2.56. The first-order chi connectivity index (χ1) is 17.0. The van der Waals surface area contributed by atoms with E-state index in [0.29, 0.717) is 15.1 Å². The summed E-state index contributed by atoms with van der Waals surface area (Å²) in [5, 5.41) is 0.939. The van der Waals surface area contributed by atoms with E-state index in [-0.39, 0.29) is 42.3 Å². The maximum atomic E-state index is 13.7. The predicted octanol–water partition coefficient (Wildman–Crippen LogP) is 7.53. The largest absolute Gasteiger partial charge is 0.292 e. The highest BCUT2D eigenvalue weighted by molar-refractivity contribution is 6.55. The summed E-state index contributed by atoms with van der Waals surface area (Å²) in [6.07, 6.45) is 0. The first-order valence-corrected chi connectivity index (χ1v) is 12.4. The second kappa shape index (κ2) is 10.2. The van der Waals surface area contributed by atoms with Crippen LogP contribution in [0.4, 0.5) is 0 Å². The molecule has 0 N–H and O–H groups in total. The minimum Gasteiger partial charge on any atom is -0.292 e. The molecule has 0 saturated heterocycles. The van der Waals surface area contributed by atoms with E-state index in [9.17, 15) is 19.2 Å². The Hall–Kier alpha value is -2.32. The van der Waals surface area contributed by atoms with Gasteiger partial charge in [-0.1, -0.05) is 69.6 Å². The lowest BCUT2D eigenvalue weighted by molar-refractivity contribution is -0.00679. The van der Waals surface area contributed by atoms with Gasteiger partial charge < -0.3 is 0 Å². The molecule has 0 unspecified atom stereocenters. The van der Waals surface area contributed by atoms with E-state index in [4.69, 9.17) is 69.6 Å². The Balaban J connectivity index is 1.86. The summed E-state index contributed by atoms with van der Waals surface area (Å²) >= 11 is 36.5. The molecule has 0 aliphatic carbocycles. The second-order valence-electron chi connectivity index (χ2n) is 7.63. The molecule has 0 aromatic heterocycles. The summed E-state index contributed by atoms with van der Waals surface area (Å²) in [5.74, 6) is -3.41. The molecule has 1 aliphatic rings. The van der Waals surface area contributed by atoms with Gasteiger partial charge in [0.2, 0.25) is 0 Å². The summed E-state index contributed by atoms with van der Waals surface area (Å²) in [5.41, 5.74) is -0.415. The van der Waals surface area contributed by atoms with Gasteiger partial charge in [0.05, 0.1) is 31.2 Å². The normalized spacial score (nSPS) is 13.6. The van der Waals surface area contributed by atoms with Gasteiger partial charge in [0.25, 0.3) is 17.7 Å². The van der Waals surface area contributed by atoms with Gasteiger partial charge in [0.15, 0.2) is 5.78 Å². The smallest absolute Gasteiger partial charge is 0.282 e. The summed E-state index contributed by atoms with van der Waals surface area (Å²) in [7, 11) is 0. The average molecular weight is 605 g/mol. The number of amides is 3. The third-order valence-corrected chi connectivity index (χ3v) is 7.78. The molecule has 36 heavy (non-hydrogen) atoms. The highest BCUT2D eigenvalue weighted by atomic mass is 35.5. The van der Waals surface area contributed by atoms with Crippen molar-refractivity contribution in [2.24, 2.45) is 0 Å². The van der Waals surface area contributed by atoms with Crippen LogP contribution in [0.25, 0.3) is 0 Å². The lowest BCUT2D eigenvalue weighted by atomic mass is 10.0. The Bertz CT molecular complexity index is 1390. The van der Waals surface area contributed by atoms with Gasteiger partial charge in [-0.05, 0) is 55.5 Å². The number of fused-ring (bicyclic) bond motifs is 1. The highest BCUT2D eigenvalue weighted by Crippen LogP contribution is 2.45. The molecule has 1 aliphatic heterocycles. The van der Waals surface area contributed by atoms with Crippen LogP contribution in [0.3, 0.4) is 0 Å². The zero-order chi connectivity index (χ0) is 26.5. The first-order valence-electron chi connectivity index (χ1n) is 10.1. The number of halogens is 6. The number of ketones is 1. The molecular formula is C24H12Cl6N2O4. The van der Waals surface area contributed by atoms with Crippen molar-refractivity contribution in [3.8, 4) is 0 Å². The second-order valence-corrected chi connectivity index (χ2v) is 10.0. The molecular weight excluding hydrogens is 593 g/mol. The van der Waals surface area contributed by atoms with E-state index in [2.05, 4.69) is 0 Å². The standard InChI is InChI=1S/C24H12Cl6N2O4/c1-10(21(33)11-2-6-13(25)7-3-11)31(22(34)12-4-8-14(26)9-5-12)32-23(35)15-16(24(32)36)18(28)20(30)19(29)17(15)27/h2-10H,1H3/t10-/m1/s1. The van der Waals surface area contributed by atoms with E-state index < -0.39 is 29.5 Å². The number of Topliss-reactive ketones (excluding diaryl/α,β-unsaturated/α-hetero) is 1. The Kier molecular flexibility index (Phi) is 7.58. The van der Waals surface area contributed by atoms with Crippen molar-refractivity contribution in [3.63, 3.8) is 0 Å². The van der Waals surface area contributed by atoms with E-state index >= 15 is 0 Å². The Labute approximate surface area is 235 Å². The van der Waals surface area contributed by atoms with Crippen LogP contribution in [0.1, 0.15) is 48.4 Å². The topological polar surface area (TPSA) is 74.8 Å². The third kappa shape index (κ3) is 4.47. The van der Waals surface area contributed by atoms with Crippen LogP contribution >= 0.6 is 69.6 Å². The van der Waals surface area contributed by atoms with Crippen molar-refractivity contribution in [1.82, 2.24) is 10.0 Å². The number of carbonyl (C=O) groups excluding carboxylic acids is 4. The molecule has 3 amide bonds. The van der Waals surface area contributed by atoms with Crippen molar-refractivity contribution >= 4 is 93.1 Å². The molecule has 4 rings (SSSR count). The van der Waals surface area contributed by atoms with Crippen LogP contribution in [-0.4, -0.2) is 39.6 Å². The van der Waals surface area contributed by atoms with Crippen molar-refractivity contribution in [2.75, 3.05) is 0 Å². The average Bonchev–Trinajstić information content (AvgIpc) is 3.12. The van der Waals surface area contributed by atoms with Crippen LogP contribution in [0.5, 0.6) is 0 Å². The van der Waals surface area contributed by atoms with Gasteiger partial charge in [0, 0.05) is 21.2 Å². The third-order valence-electron chi connectivity index (χ3n) is 5.47. The molecule has 12 heteroatoms. The van der Waals surface area contributed by atoms with E-state index in [1.54, 1.807) is 0 Å². The molecule has 6 nitrogen and oxygen atoms in total. The molecule has 0 spiro atoms. The van der Waals surface area contributed by atoms with Crippen LogP contribution < -0.4 is 0 Å². The number of hydrogen-bond acceptors (Lipinski definition) is 4. The number of benzene rings is 3. The van der Waals surface area contributed by atoms with Gasteiger partial charge in [-0.2, -0.15) is 5.01 Å². The first kappa shape index (κ1) is 26.7. The Morgan fingerprint density at radius 3 is 1.47 bits per heavy atom. The van der Waals surface area contributed by atoms with E-state index in [0.717, 1.165) is 5.01 Å². The molecule has 3 aromatic carbocycles. The van der Waals surface area contributed by atoms with E-state index in [1.807, 2.05) is 0 Å². The number of nitrogens with zero attached hydrogens (tertiary/aromatic N) is 2. The quantitative estimate of drug-likeness (QED) is 0.131. The molecule has 184 valence electrons. The van der Waals surface area contributed by atoms with Gasteiger partial charge in [-0.25, -0.2) is 5.01 Å². The van der Waals surface area contributed by atoms with E-state index in [1.165, 1.54) is 55.5 Å². The number of hydrogen-bond donors (Lipinski definition) is 0. The van der Waals surface area contributed by atoms with Crippen LogP contribution in [-0.2, 0) is 0 Å². The molecule has 0 fully saturated rings. The maximum absolute atomic E-state index is 13.7. The van der Waals surface area contributed by atoms with Crippen molar-refractivity contribution in [3.05, 3.63) is 101 Å². The fraction of sp³-hybridized carbons (Fsp3) is 0.0833. The van der Waals surface area contributed by atoms with Gasteiger partial charge in [-0.15, -0.1) is 0 Å². The predicted molar refractivity (Wildman–Crippen MR) is 140 cm³/mol. The SMILES string of the molecule is C[C@H](C(=O)c1ccc(Cl)cc1)N(C(=O)c1ccc(Cl)cc1)N1C(=O)c2c(Cl)c(Cl)c(Cl)c(Cl)c2C1=O. The minimum atomic E-state index is -1.33. The fourth-order valence-corrected chi connectivity index (χ4v) is 4.93. The van der Waals surface area contributed by atoms with Crippen LogP contribution in [0.15, 0.2) is 48.5 Å². The van der Waals surface area contributed by atoms with Gasteiger partial charge in [-0.3, -0.25) is 19.2 Å². The number of imide groups is 1. The highest BCUT2D eigenvalue weighted by Gasteiger charge is 2.48. The number of carbonyl (C=O) groups is 4. The minimum absolute atomic E-state index is 0.0555. The molecule has 1 heterocycles. The monoisotopic (exact) mass is 602 g/mol. The maximum Gasteiger partial charge on any atom is 0.282 e. The molecule has 0 saturated carbocycles. The molecule has 0 radical (unpaired) electrons. The van der Waals surface area contributed by atoms with Gasteiger partial charge in [0.1, 0.15) is 6.04 Å². The number of hydrazine groups is 1. The summed E-state index contributed by atoms with van der Waals surface area (Å²) in [6, 6.07) is 10.3. The fourth-order valence-electron chi connectivity index (χ4n) is 3.66. The van der Waals surface area contributed by atoms with Crippen LogP contribution in [0, 0.1) is 0 Å². The molecule has 0 bridgehead atoms. The zero-order valence-corrected chi connectivity index (χ0v) is 22.5. The lowest BCUT2D eigenvalue weighted by Gasteiger charge is -2.34. The van der Waals surface area contributed by atoms with Crippen molar-refractivity contribution in [1.29, 1.82) is 0 Å². The zero-order valence-electron chi connectivity index (χ0n) is 18.0. The van der Waals surface area contributed by atoms with Crippen LogP contribution in [0.2, 0.25) is 30.1 Å². The number of rotatable bonds is 5. The summed E-state index contributed by atoms with van der Waals surface area (Å²) in [4.78, 5) is 54.0. The summed E-state index contributed by atoms with van der Waals surface area (Å²) in [6.45, 7) is 1.37. The van der Waals surface area contributed by atoms with Gasteiger partial charge >= 0.3 is 0 Å². The Morgan fingerprint density at radius 1 is 0.667 bits per heavy atom. The van der Waals surface area contributed by atoms with Crippen molar-refractivity contribution in [2.45, 2.75) is 13.0 Å². The molecule has 1 atom stereocenters. The van der Waals surface area contributed by atoms with Crippen molar-refractivity contribution < 1.29 is 19.2 Å². The molecule has 3 aromatic rings.